The van der Waals surface area contributed by atoms with E-state index in [-0.39, 0.29) is 24.2 Å². The number of sulfone groups is 1. The van der Waals surface area contributed by atoms with Crippen LogP contribution in [0.3, 0.4) is 0 Å². The molecule has 0 radical (unpaired) electrons. The molecule has 0 amide bonds. The number of furan rings is 1. The minimum Gasteiger partial charge on any atom is -0.487 e. The van der Waals surface area contributed by atoms with Crippen molar-refractivity contribution in [3.8, 4) is 17.1 Å². The van der Waals surface area contributed by atoms with E-state index in [0.29, 0.717) is 51.7 Å². The summed E-state index contributed by atoms with van der Waals surface area (Å²) in [7, 11) is -3.10. The van der Waals surface area contributed by atoms with Gasteiger partial charge in [-0.1, -0.05) is 23.7 Å². The molecule has 5 aromatic rings. The molecule has 2 N–H and O–H groups in total. The van der Waals surface area contributed by atoms with E-state index in [1.165, 1.54) is 37.6 Å². The standard InChI is InChI=1S/C33H32ClFN4O4S/c1-44(40,41)14-13-29(36-18-21-5-6-21)32-12-11-30(43-32)23-7-9-28-26(16-23)33(38-20-37-28)39-25-8-10-31(27(34)17-25)42-19-22-3-2-4-24(35)15-22/h2-4,7-12,15-17,20-21,29,36H,5-6,13-14,18-19H2,1H3,(H,37,38,39). The molecule has 1 saturated carbocycles. The van der Waals surface area contributed by atoms with Gasteiger partial charge in [0.25, 0.3) is 0 Å². The third-order valence-electron chi connectivity index (χ3n) is 7.50. The molecule has 0 spiro atoms. The van der Waals surface area contributed by atoms with Gasteiger partial charge < -0.3 is 19.8 Å². The van der Waals surface area contributed by atoms with E-state index in [1.54, 1.807) is 24.3 Å². The quantitative estimate of drug-likeness (QED) is 0.137. The molecule has 0 aliphatic heterocycles. The number of anilines is 2. The SMILES string of the molecule is CS(=O)(=O)CCC(NCC1CC1)c1ccc(-c2ccc3ncnc(Nc4ccc(OCc5cccc(F)c5)c(Cl)c4)c3c2)o1. The molecule has 3 aromatic carbocycles. The van der Waals surface area contributed by atoms with Crippen LogP contribution in [0.15, 0.2) is 83.5 Å². The summed E-state index contributed by atoms with van der Waals surface area (Å²) < 4.78 is 49.3. The summed E-state index contributed by atoms with van der Waals surface area (Å²) in [5.41, 5.74) is 2.99. The number of halogens is 2. The summed E-state index contributed by atoms with van der Waals surface area (Å²) in [6.45, 7) is 1.03. The van der Waals surface area contributed by atoms with Gasteiger partial charge in [-0.25, -0.2) is 22.8 Å². The molecule has 1 unspecified atom stereocenters. The van der Waals surface area contributed by atoms with E-state index >= 15 is 0 Å². The molecule has 0 saturated heterocycles. The summed E-state index contributed by atoms with van der Waals surface area (Å²) in [5.74, 6) is 2.85. The maximum absolute atomic E-state index is 13.5. The van der Waals surface area contributed by atoms with E-state index < -0.39 is 9.84 Å². The van der Waals surface area contributed by atoms with Gasteiger partial charge in [-0.05, 0) is 98.0 Å². The zero-order chi connectivity index (χ0) is 30.7. The Bertz CT molecular complexity index is 1890. The minimum absolute atomic E-state index is 0.0812. The van der Waals surface area contributed by atoms with E-state index in [2.05, 4.69) is 20.6 Å². The third-order valence-corrected chi connectivity index (χ3v) is 8.77. The van der Waals surface area contributed by atoms with Crippen LogP contribution in [0.25, 0.3) is 22.2 Å². The van der Waals surface area contributed by atoms with Gasteiger partial charge in [0.2, 0.25) is 0 Å². The van der Waals surface area contributed by atoms with Crippen LogP contribution < -0.4 is 15.4 Å². The normalized spacial score (nSPS) is 14.1. The Morgan fingerprint density at radius 2 is 1.93 bits per heavy atom. The molecule has 11 heteroatoms. The highest BCUT2D eigenvalue weighted by molar-refractivity contribution is 7.90. The van der Waals surface area contributed by atoms with Gasteiger partial charge in [0.15, 0.2) is 0 Å². The molecular weight excluding hydrogens is 603 g/mol. The maximum Gasteiger partial charge on any atom is 0.147 e. The van der Waals surface area contributed by atoms with Crippen molar-refractivity contribution in [2.75, 3.05) is 23.9 Å². The second kappa shape index (κ2) is 12.9. The maximum atomic E-state index is 13.5. The number of benzene rings is 3. The van der Waals surface area contributed by atoms with E-state index in [9.17, 15) is 12.8 Å². The average Bonchev–Trinajstić information content (AvgIpc) is 3.70. The van der Waals surface area contributed by atoms with Gasteiger partial charge in [0.1, 0.15) is 51.7 Å². The first-order valence-corrected chi connectivity index (χ1v) is 16.8. The summed E-state index contributed by atoms with van der Waals surface area (Å²) in [6, 6.07) is 21.0. The van der Waals surface area contributed by atoms with Crippen LogP contribution in [-0.2, 0) is 16.4 Å². The number of aromatic nitrogens is 2. The fourth-order valence-electron chi connectivity index (χ4n) is 4.93. The molecule has 2 aromatic heterocycles. The molecule has 228 valence electrons. The van der Waals surface area contributed by atoms with Gasteiger partial charge in [-0.15, -0.1) is 0 Å². The van der Waals surface area contributed by atoms with Crippen LogP contribution in [-0.4, -0.2) is 36.9 Å². The van der Waals surface area contributed by atoms with E-state index in [1.807, 2.05) is 36.4 Å². The molecule has 2 heterocycles. The molecule has 44 heavy (non-hydrogen) atoms. The van der Waals surface area contributed by atoms with Crippen molar-refractivity contribution < 1.29 is 22.0 Å². The average molecular weight is 635 g/mol. The number of hydrogen-bond acceptors (Lipinski definition) is 8. The van der Waals surface area contributed by atoms with Crippen molar-refractivity contribution in [1.29, 1.82) is 0 Å². The molecule has 8 nitrogen and oxygen atoms in total. The fourth-order valence-corrected chi connectivity index (χ4v) is 5.83. The monoisotopic (exact) mass is 634 g/mol. The summed E-state index contributed by atoms with van der Waals surface area (Å²) in [6.07, 6.45) is 5.59. The van der Waals surface area contributed by atoms with Crippen LogP contribution >= 0.6 is 11.6 Å². The zero-order valence-electron chi connectivity index (χ0n) is 24.1. The fraction of sp³-hybridized carbons (Fsp3) is 0.273. The molecule has 1 atom stereocenters. The van der Waals surface area contributed by atoms with E-state index in [4.69, 9.17) is 20.8 Å². The molecule has 0 bridgehead atoms. The lowest BCUT2D eigenvalue weighted by molar-refractivity contribution is 0.306. The number of fused-ring (bicyclic) bond motifs is 1. The van der Waals surface area contributed by atoms with Crippen molar-refractivity contribution in [2.24, 2.45) is 5.92 Å². The molecule has 1 aliphatic rings. The zero-order valence-corrected chi connectivity index (χ0v) is 25.7. The van der Waals surface area contributed by atoms with Crippen molar-refractivity contribution in [2.45, 2.75) is 31.9 Å². The van der Waals surface area contributed by atoms with Crippen LogP contribution in [0, 0.1) is 11.7 Å². The number of ether oxygens (including phenoxy) is 1. The molecule has 6 rings (SSSR count). The van der Waals surface area contributed by atoms with Crippen molar-refractivity contribution in [3.05, 3.63) is 101 Å². The highest BCUT2D eigenvalue weighted by Crippen LogP contribution is 2.34. The van der Waals surface area contributed by atoms with Gasteiger partial charge in [-0.2, -0.15) is 0 Å². The molecule has 1 fully saturated rings. The van der Waals surface area contributed by atoms with Crippen molar-refractivity contribution >= 4 is 43.8 Å². The Hall–Kier alpha value is -3.99. The predicted molar refractivity (Wildman–Crippen MR) is 171 cm³/mol. The first kappa shape index (κ1) is 30.1. The number of hydrogen-bond donors (Lipinski definition) is 2. The lowest BCUT2D eigenvalue weighted by Crippen LogP contribution is -2.25. The Labute approximate surface area is 260 Å². The summed E-state index contributed by atoms with van der Waals surface area (Å²) in [4.78, 5) is 8.89. The number of nitrogens with zero attached hydrogens (tertiary/aromatic N) is 2. The van der Waals surface area contributed by atoms with Crippen molar-refractivity contribution in [3.63, 3.8) is 0 Å². The van der Waals surface area contributed by atoms with Crippen molar-refractivity contribution in [1.82, 2.24) is 15.3 Å². The number of nitrogens with one attached hydrogen (secondary N) is 2. The summed E-state index contributed by atoms with van der Waals surface area (Å²) >= 11 is 6.51. The Balaban J connectivity index is 1.20. The first-order valence-electron chi connectivity index (χ1n) is 14.4. The largest absolute Gasteiger partial charge is 0.487 e. The van der Waals surface area contributed by atoms with Gasteiger partial charge in [0.05, 0.1) is 22.3 Å². The lowest BCUT2D eigenvalue weighted by Gasteiger charge is -2.16. The Morgan fingerprint density at radius 1 is 1.07 bits per heavy atom. The minimum atomic E-state index is -3.10. The summed E-state index contributed by atoms with van der Waals surface area (Å²) in [5, 5.41) is 8.01. The smallest absolute Gasteiger partial charge is 0.147 e. The molecule has 1 aliphatic carbocycles. The number of rotatable bonds is 13. The van der Waals surface area contributed by atoms with E-state index in [0.717, 1.165) is 23.0 Å². The second-order valence-corrected chi connectivity index (χ2v) is 13.8. The third kappa shape index (κ3) is 7.74. The topological polar surface area (TPSA) is 106 Å². The second-order valence-electron chi connectivity index (χ2n) is 11.2. The van der Waals surface area contributed by atoms with Gasteiger partial charge in [-0.3, -0.25) is 0 Å². The highest BCUT2D eigenvalue weighted by atomic mass is 35.5. The van der Waals surface area contributed by atoms with Crippen LogP contribution in [0.1, 0.15) is 36.6 Å². The lowest BCUT2D eigenvalue weighted by atomic mass is 10.1. The van der Waals surface area contributed by atoms with Crippen LogP contribution in [0.2, 0.25) is 5.02 Å². The first-order chi connectivity index (χ1) is 21.2. The predicted octanol–water partition coefficient (Wildman–Crippen LogP) is 7.48. The van der Waals surface area contributed by atoms with Gasteiger partial charge in [0, 0.05) is 22.9 Å². The highest BCUT2D eigenvalue weighted by Gasteiger charge is 2.25. The van der Waals surface area contributed by atoms with Crippen LogP contribution in [0.4, 0.5) is 15.9 Å². The Morgan fingerprint density at radius 3 is 2.70 bits per heavy atom. The van der Waals surface area contributed by atoms with Gasteiger partial charge >= 0.3 is 0 Å². The Kier molecular flexibility index (Phi) is 8.83. The molecular formula is C33H32ClFN4O4S. The van der Waals surface area contributed by atoms with Crippen LogP contribution in [0.5, 0.6) is 5.75 Å².